The zero-order valence-electron chi connectivity index (χ0n) is 14.3. The number of nitro benzene ring substituents is 1. The number of carbonyl (C=O) groups is 2. The van der Waals surface area contributed by atoms with E-state index >= 15 is 0 Å². The molecule has 0 saturated heterocycles. The van der Waals surface area contributed by atoms with Crippen molar-refractivity contribution in [1.29, 1.82) is 0 Å². The van der Waals surface area contributed by atoms with E-state index in [4.69, 9.17) is 0 Å². The van der Waals surface area contributed by atoms with Crippen molar-refractivity contribution in [3.63, 3.8) is 0 Å². The molecule has 0 aliphatic carbocycles. The zero-order valence-corrected chi connectivity index (χ0v) is 14.3. The van der Waals surface area contributed by atoms with Crippen molar-refractivity contribution in [2.45, 2.75) is 13.8 Å². The number of non-ortho nitro benzene ring substituents is 1. The molecule has 0 unspecified atom stereocenters. The molecular weight excluding hydrogens is 336 g/mol. The van der Waals surface area contributed by atoms with Crippen LogP contribution in [0, 0.1) is 16.0 Å². The van der Waals surface area contributed by atoms with Gasteiger partial charge in [0.15, 0.2) is 0 Å². The zero-order chi connectivity index (χ0) is 19.1. The third-order valence-electron chi connectivity index (χ3n) is 3.42. The molecule has 0 saturated carbocycles. The van der Waals surface area contributed by atoms with E-state index in [0.29, 0.717) is 16.8 Å². The lowest BCUT2D eigenvalue weighted by Crippen LogP contribution is -2.19. The number of nitro groups is 1. The summed E-state index contributed by atoms with van der Waals surface area (Å²) in [6, 6.07) is 12.2. The maximum absolute atomic E-state index is 12.0. The van der Waals surface area contributed by atoms with Gasteiger partial charge in [0.1, 0.15) is 0 Å². The molecule has 26 heavy (non-hydrogen) atoms. The fourth-order valence-electron chi connectivity index (χ4n) is 1.90. The summed E-state index contributed by atoms with van der Waals surface area (Å²) in [6.45, 7) is 3.58. The number of benzene rings is 2. The maximum atomic E-state index is 12.0. The van der Waals surface area contributed by atoms with E-state index in [-0.39, 0.29) is 17.5 Å². The van der Waals surface area contributed by atoms with Crippen LogP contribution in [0.2, 0.25) is 0 Å². The number of hydrogen-bond acceptors (Lipinski definition) is 5. The van der Waals surface area contributed by atoms with Gasteiger partial charge in [0, 0.05) is 29.3 Å². The molecule has 2 rings (SSSR count). The van der Waals surface area contributed by atoms with E-state index in [1.165, 1.54) is 30.5 Å². The molecule has 2 aromatic rings. The first-order valence-corrected chi connectivity index (χ1v) is 7.85. The summed E-state index contributed by atoms with van der Waals surface area (Å²) in [7, 11) is 0. The number of anilines is 1. The smallest absolute Gasteiger partial charge is 0.271 e. The lowest BCUT2D eigenvalue weighted by Gasteiger charge is -2.08. The van der Waals surface area contributed by atoms with E-state index in [1.807, 2.05) is 0 Å². The monoisotopic (exact) mass is 354 g/mol. The van der Waals surface area contributed by atoms with E-state index in [0.717, 1.165) is 0 Å². The highest BCUT2D eigenvalue weighted by Gasteiger charge is 2.08. The molecule has 0 aliphatic heterocycles. The van der Waals surface area contributed by atoms with Crippen LogP contribution in [-0.4, -0.2) is 23.0 Å². The number of hydrogen-bond donors (Lipinski definition) is 2. The first-order valence-electron chi connectivity index (χ1n) is 7.85. The molecule has 0 spiro atoms. The summed E-state index contributed by atoms with van der Waals surface area (Å²) in [4.78, 5) is 33.7. The second-order valence-corrected chi connectivity index (χ2v) is 5.77. The molecule has 0 aromatic heterocycles. The van der Waals surface area contributed by atoms with Crippen molar-refractivity contribution in [2.24, 2.45) is 11.0 Å². The summed E-state index contributed by atoms with van der Waals surface area (Å²) in [5, 5.41) is 17.1. The molecule has 0 fully saturated rings. The molecule has 2 N–H and O–H groups in total. The number of rotatable bonds is 6. The summed E-state index contributed by atoms with van der Waals surface area (Å²) < 4.78 is 0. The lowest BCUT2D eigenvalue weighted by molar-refractivity contribution is -0.384. The van der Waals surface area contributed by atoms with E-state index in [2.05, 4.69) is 15.8 Å². The van der Waals surface area contributed by atoms with Crippen LogP contribution < -0.4 is 10.7 Å². The third-order valence-corrected chi connectivity index (χ3v) is 3.42. The van der Waals surface area contributed by atoms with Gasteiger partial charge in [0.2, 0.25) is 5.91 Å². The molecule has 8 heteroatoms. The SMILES string of the molecule is CC(C)C(=O)Nc1ccc(C(=O)N/N=C\c2ccc([N+](=O)[O-])cc2)cc1. The van der Waals surface area contributed by atoms with Crippen LogP contribution in [0.4, 0.5) is 11.4 Å². The van der Waals surface area contributed by atoms with Crippen LogP contribution in [0.15, 0.2) is 53.6 Å². The Bertz CT molecular complexity index is 827. The number of carbonyl (C=O) groups excluding carboxylic acids is 2. The standard InChI is InChI=1S/C18H18N4O4/c1-12(2)17(23)20-15-7-5-14(6-8-15)18(24)21-19-11-13-3-9-16(10-4-13)22(25)26/h3-12H,1-2H3,(H,20,23)(H,21,24)/b19-11-. The highest BCUT2D eigenvalue weighted by Crippen LogP contribution is 2.12. The van der Waals surface area contributed by atoms with Gasteiger partial charge in [-0.05, 0) is 42.0 Å². The highest BCUT2D eigenvalue weighted by atomic mass is 16.6. The molecule has 0 heterocycles. The Labute approximate surface area is 150 Å². The van der Waals surface area contributed by atoms with Crippen molar-refractivity contribution < 1.29 is 14.5 Å². The molecular formula is C18H18N4O4. The van der Waals surface area contributed by atoms with Gasteiger partial charge >= 0.3 is 0 Å². The minimum absolute atomic E-state index is 0.0177. The van der Waals surface area contributed by atoms with Crippen molar-refractivity contribution in [1.82, 2.24) is 5.43 Å². The summed E-state index contributed by atoms with van der Waals surface area (Å²) in [5.74, 6) is -0.647. The van der Waals surface area contributed by atoms with Crippen LogP contribution in [0.5, 0.6) is 0 Å². The Balaban J connectivity index is 1.93. The highest BCUT2D eigenvalue weighted by molar-refractivity contribution is 5.96. The van der Waals surface area contributed by atoms with Crippen molar-refractivity contribution >= 4 is 29.4 Å². The van der Waals surface area contributed by atoms with Gasteiger partial charge in [-0.15, -0.1) is 0 Å². The van der Waals surface area contributed by atoms with Gasteiger partial charge in [0.25, 0.3) is 11.6 Å². The van der Waals surface area contributed by atoms with E-state index in [9.17, 15) is 19.7 Å². The molecule has 0 atom stereocenters. The largest absolute Gasteiger partial charge is 0.326 e. The van der Waals surface area contributed by atoms with Crippen LogP contribution in [0.1, 0.15) is 29.8 Å². The predicted octanol–water partition coefficient (Wildman–Crippen LogP) is 2.95. The lowest BCUT2D eigenvalue weighted by atomic mass is 10.1. The predicted molar refractivity (Wildman–Crippen MR) is 98.1 cm³/mol. The van der Waals surface area contributed by atoms with Gasteiger partial charge in [-0.2, -0.15) is 5.10 Å². The number of hydrazone groups is 1. The Hall–Kier alpha value is -3.55. The van der Waals surface area contributed by atoms with Crippen molar-refractivity contribution in [2.75, 3.05) is 5.32 Å². The van der Waals surface area contributed by atoms with Gasteiger partial charge in [-0.1, -0.05) is 13.8 Å². The molecule has 0 aliphatic rings. The van der Waals surface area contributed by atoms with Gasteiger partial charge in [-0.3, -0.25) is 19.7 Å². The molecule has 134 valence electrons. The first kappa shape index (κ1) is 18.8. The van der Waals surface area contributed by atoms with Gasteiger partial charge < -0.3 is 5.32 Å². The van der Waals surface area contributed by atoms with Crippen LogP contribution in [0.3, 0.4) is 0 Å². The number of nitrogens with one attached hydrogen (secondary N) is 2. The van der Waals surface area contributed by atoms with Crippen LogP contribution in [-0.2, 0) is 4.79 Å². The van der Waals surface area contributed by atoms with Crippen molar-refractivity contribution in [3.8, 4) is 0 Å². The average molecular weight is 354 g/mol. The Morgan fingerprint density at radius 2 is 1.69 bits per heavy atom. The van der Waals surface area contributed by atoms with E-state index < -0.39 is 10.8 Å². The fourth-order valence-corrected chi connectivity index (χ4v) is 1.90. The summed E-state index contributed by atoms with van der Waals surface area (Å²) >= 11 is 0. The molecule has 8 nitrogen and oxygen atoms in total. The van der Waals surface area contributed by atoms with Gasteiger partial charge in [-0.25, -0.2) is 5.43 Å². The second kappa shape index (κ2) is 8.52. The van der Waals surface area contributed by atoms with Crippen LogP contribution in [0.25, 0.3) is 0 Å². The minimum atomic E-state index is -0.490. The minimum Gasteiger partial charge on any atom is -0.326 e. The quantitative estimate of drug-likeness (QED) is 0.471. The fraction of sp³-hybridized carbons (Fsp3) is 0.167. The average Bonchev–Trinajstić information content (AvgIpc) is 2.62. The van der Waals surface area contributed by atoms with E-state index in [1.54, 1.807) is 38.1 Å². The van der Waals surface area contributed by atoms with Gasteiger partial charge in [0.05, 0.1) is 11.1 Å². The van der Waals surface area contributed by atoms with Crippen molar-refractivity contribution in [3.05, 3.63) is 69.8 Å². The topological polar surface area (TPSA) is 114 Å². The van der Waals surface area contributed by atoms with Crippen LogP contribution >= 0.6 is 0 Å². The summed E-state index contributed by atoms with van der Waals surface area (Å²) in [6.07, 6.45) is 1.39. The molecule has 0 radical (unpaired) electrons. The summed E-state index contributed by atoms with van der Waals surface area (Å²) in [5.41, 5.74) is 3.96. The molecule has 2 aromatic carbocycles. The maximum Gasteiger partial charge on any atom is 0.271 e. The Kier molecular flexibility index (Phi) is 6.15. The third kappa shape index (κ3) is 5.23. The Morgan fingerprint density at radius 1 is 1.08 bits per heavy atom. The number of amides is 2. The molecule has 0 bridgehead atoms. The second-order valence-electron chi connectivity index (χ2n) is 5.77. The normalized spacial score (nSPS) is 10.7. The molecule has 2 amide bonds. The Morgan fingerprint density at radius 3 is 2.23 bits per heavy atom. The number of nitrogens with zero attached hydrogens (tertiary/aromatic N) is 2. The first-order chi connectivity index (χ1) is 12.4.